The first-order valence-electron chi connectivity index (χ1n) is 8.89. The van der Waals surface area contributed by atoms with Crippen LogP contribution in [0.1, 0.15) is 39.6 Å². The minimum Gasteiger partial charge on any atom is -0.389 e. The number of nitrogens with zero attached hydrogens (tertiary/aromatic N) is 3. The molecular formula is C18H26N4O5. The lowest BCUT2D eigenvalue weighted by molar-refractivity contribution is -0.384. The van der Waals surface area contributed by atoms with Crippen LogP contribution in [0.4, 0.5) is 5.69 Å². The molecular weight excluding hydrogens is 352 g/mol. The van der Waals surface area contributed by atoms with Crippen LogP contribution in [0.3, 0.4) is 0 Å². The molecule has 0 aliphatic rings. The Balaban J connectivity index is 2.05. The van der Waals surface area contributed by atoms with Crippen molar-refractivity contribution in [3.63, 3.8) is 0 Å². The molecule has 2 N–H and O–H groups in total. The Kier molecular flexibility index (Phi) is 7.40. The first-order valence-corrected chi connectivity index (χ1v) is 8.89. The molecule has 27 heavy (non-hydrogen) atoms. The third-order valence-corrected chi connectivity index (χ3v) is 3.91. The summed E-state index contributed by atoms with van der Waals surface area (Å²) in [6.07, 6.45) is -0.591. The number of hydrogen-bond donors (Lipinski definition) is 2. The van der Waals surface area contributed by atoms with Crippen molar-refractivity contribution in [2.75, 3.05) is 13.2 Å². The van der Waals surface area contributed by atoms with Gasteiger partial charge in [0.1, 0.15) is 0 Å². The molecule has 2 rings (SSSR count). The second-order valence-corrected chi connectivity index (χ2v) is 6.93. The summed E-state index contributed by atoms with van der Waals surface area (Å²) in [7, 11) is 0. The van der Waals surface area contributed by atoms with E-state index in [0.717, 1.165) is 0 Å². The summed E-state index contributed by atoms with van der Waals surface area (Å²) >= 11 is 0. The fourth-order valence-electron chi connectivity index (χ4n) is 2.44. The predicted molar refractivity (Wildman–Crippen MR) is 99.1 cm³/mol. The average molecular weight is 378 g/mol. The Morgan fingerprint density at radius 2 is 1.93 bits per heavy atom. The molecule has 1 heterocycles. The van der Waals surface area contributed by atoms with Gasteiger partial charge in [-0.1, -0.05) is 19.0 Å². The summed E-state index contributed by atoms with van der Waals surface area (Å²) in [4.78, 5) is 14.7. The van der Waals surface area contributed by atoms with Gasteiger partial charge in [0, 0.05) is 24.2 Å². The standard InChI is InChI=1S/C18H26N4O5/c1-11(2)16(19-9-15(23)10-26-12(3)4)18-20-17(21-27-18)13-5-7-14(8-6-13)22(24)25/h5-8,11-12,15-16,19,23H,9-10H2,1-4H3. The number of hydrogen-bond acceptors (Lipinski definition) is 8. The van der Waals surface area contributed by atoms with Gasteiger partial charge in [-0.15, -0.1) is 0 Å². The van der Waals surface area contributed by atoms with Crippen LogP contribution < -0.4 is 5.32 Å². The number of aliphatic hydroxyl groups excluding tert-OH is 1. The van der Waals surface area contributed by atoms with Gasteiger partial charge in [0.05, 0.1) is 29.8 Å². The maximum Gasteiger partial charge on any atom is 0.269 e. The fourth-order valence-corrected chi connectivity index (χ4v) is 2.44. The molecule has 148 valence electrons. The minimum absolute atomic E-state index is 0.00166. The van der Waals surface area contributed by atoms with Crippen LogP contribution >= 0.6 is 0 Å². The number of nitrogens with one attached hydrogen (secondary N) is 1. The van der Waals surface area contributed by atoms with Crippen molar-refractivity contribution in [1.29, 1.82) is 0 Å². The van der Waals surface area contributed by atoms with Crippen LogP contribution in [-0.4, -0.2) is 45.5 Å². The molecule has 9 heteroatoms. The zero-order valence-electron chi connectivity index (χ0n) is 16.0. The van der Waals surface area contributed by atoms with E-state index in [1.165, 1.54) is 12.1 Å². The van der Waals surface area contributed by atoms with Gasteiger partial charge in [0.25, 0.3) is 5.69 Å². The van der Waals surface area contributed by atoms with E-state index in [1.54, 1.807) is 12.1 Å². The fraction of sp³-hybridized carbons (Fsp3) is 0.556. The Morgan fingerprint density at radius 3 is 2.48 bits per heavy atom. The van der Waals surface area contributed by atoms with Gasteiger partial charge >= 0.3 is 0 Å². The van der Waals surface area contributed by atoms with Crippen LogP contribution in [0.5, 0.6) is 0 Å². The molecule has 0 fully saturated rings. The molecule has 0 radical (unpaired) electrons. The van der Waals surface area contributed by atoms with Crippen molar-refractivity contribution in [2.45, 2.75) is 45.9 Å². The van der Waals surface area contributed by atoms with Crippen molar-refractivity contribution in [2.24, 2.45) is 5.92 Å². The van der Waals surface area contributed by atoms with Gasteiger partial charge in [-0.3, -0.25) is 10.1 Å². The second-order valence-electron chi connectivity index (χ2n) is 6.93. The summed E-state index contributed by atoms with van der Waals surface area (Å²) in [6, 6.07) is 5.72. The Labute approximate surface area is 157 Å². The largest absolute Gasteiger partial charge is 0.389 e. The van der Waals surface area contributed by atoms with Crippen molar-refractivity contribution in [1.82, 2.24) is 15.5 Å². The summed E-state index contributed by atoms with van der Waals surface area (Å²) in [6.45, 7) is 8.40. The van der Waals surface area contributed by atoms with E-state index in [-0.39, 0.29) is 30.4 Å². The van der Waals surface area contributed by atoms with Crippen LogP contribution in [0.2, 0.25) is 0 Å². The molecule has 0 spiro atoms. The topological polar surface area (TPSA) is 124 Å². The first kappa shape index (κ1) is 20.9. The van der Waals surface area contributed by atoms with Crippen molar-refractivity contribution >= 4 is 5.69 Å². The number of aliphatic hydroxyl groups is 1. The van der Waals surface area contributed by atoms with Crippen molar-refractivity contribution < 1.29 is 19.3 Å². The number of nitro groups is 1. The Bertz CT molecular complexity index is 730. The monoisotopic (exact) mass is 378 g/mol. The predicted octanol–water partition coefficient (Wildman–Crippen LogP) is 2.72. The lowest BCUT2D eigenvalue weighted by Gasteiger charge is -2.21. The third kappa shape index (κ3) is 6.09. The number of ether oxygens (including phenoxy) is 1. The molecule has 2 atom stereocenters. The molecule has 1 aromatic heterocycles. The molecule has 0 saturated heterocycles. The summed E-state index contributed by atoms with van der Waals surface area (Å²) in [5.41, 5.74) is 0.630. The molecule has 0 saturated carbocycles. The van der Waals surface area contributed by atoms with E-state index in [4.69, 9.17) is 9.26 Å². The maximum absolute atomic E-state index is 10.7. The number of rotatable bonds is 10. The van der Waals surface area contributed by atoms with E-state index in [2.05, 4.69) is 15.5 Å². The van der Waals surface area contributed by atoms with Crippen LogP contribution in [0.25, 0.3) is 11.4 Å². The number of aromatic nitrogens is 2. The highest BCUT2D eigenvalue weighted by molar-refractivity contribution is 5.56. The van der Waals surface area contributed by atoms with E-state index in [9.17, 15) is 15.2 Å². The van der Waals surface area contributed by atoms with Gasteiger partial charge in [-0.2, -0.15) is 4.98 Å². The third-order valence-electron chi connectivity index (χ3n) is 3.91. The molecule has 9 nitrogen and oxygen atoms in total. The normalized spacial score (nSPS) is 13.9. The minimum atomic E-state index is -0.647. The zero-order valence-corrected chi connectivity index (χ0v) is 16.0. The molecule has 0 aliphatic heterocycles. The summed E-state index contributed by atoms with van der Waals surface area (Å²) < 4.78 is 10.8. The molecule has 0 amide bonds. The number of non-ortho nitro benzene ring substituents is 1. The van der Waals surface area contributed by atoms with Crippen molar-refractivity contribution in [3.05, 3.63) is 40.3 Å². The van der Waals surface area contributed by atoms with Crippen LogP contribution in [-0.2, 0) is 4.74 Å². The first-order chi connectivity index (χ1) is 12.8. The van der Waals surface area contributed by atoms with Gasteiger partial charge < -0.3 is 19.7 Å². The Morgan fingerprint density at radius 1 is 1.26 bits per heavy atom. The molecule has 2 aromatic rings. The number of nitro benzene ring substituents is 1. The zero-order chi connectivity index (χ0) is 20.0. The van der Waals surface area contributed by atoms with Crippen LogP contribution in [0.15, 0.2) is 28.8 Å². The van der Waals surface area contributed by atoms with E-state index >= 15 is 0 Å². The van der Waals surface area contributed by atoms with Crippen molar-refractivity contribution in [3.8, 4) is 11.4 Å². The van der Waals surface area contributed by atoms with E-state index in [1.807, 2.05) is 27.7 Å². The lowest BCUT2D eigenvalue weighted by atomic mass is 10.0. The van der Waals surface area contributed by atoms with Gasteiger partial charge in [-0.25, -0.2) is 0 Å². The molecule has 2 unspecified atom stereocenters. The Hall–Kier alpha value is -2.36. The molecule has 0 bridgehead atoms. The quantitative estimate of drug-likeness (QED) is 0.478. The average Bonchev–Trinajstić information content (AvgIpc) is 3.09. The van der Waals surface area contributed by atoms with Gasteiger partial charge in [0.15, 0.2) is 0 Å². The molecule has 0 aliphatic carbocycles. The van der Waals surface area contributed by atoms with Gasteiger partial charge in [0.2, 0.25) is 11.7 Å². The molecule has 1 aromatic carbocycles. The highest BCUT2D eigenvalue weighted by atomic mass is 16.6. The maximum atomic E-state index is 10.7. The van der Waals surface area contributed by atoms with Gasteiger partial charge in [-0.05, 0) is 31.9 Å². The van der Waals surface area contributed by atoms with Crippen LogP contribution in [0, 0.1) is 16.0 Å². The highest BCUT2D eigenvalue weighted by Gasteiger charge is 2.23. The lowest BCUT2D eigenvalue weighted by Crippen LogP contribution is -2.35. The highest BCUT2D eigenvalue weighted by Crippen LogP contribution is 2.24. The second kappa shape index (κ2) is 9.54. The summed E-state index contributed by atoms with van der Waals surface area (Å²) in [5, 5.41) is 28.0. The summed E-state index contributed by atoms with van der Waals surface area (Å²) in [5.74, 6) is 0.903. The van der Waals surface area contributed by atoms with E-state index in [0.29, 0.717) is 23.8 Å². The number of benzene rings is 1. The SMILES string of the molecule is CC(C)OCC(O)CNC(c1nc(-c2ccc([N+](=O)[O-])cc2)no1)C(C)C. The van der Waals surface area contributed by atoms with E-state index < -0.39 is 11.0 Å². The smallest absolute Gasteiger partial charge is 0.269 e.